The van der Waals surface area contributed by atoms with Crippen LogP contribution in [0, 0.1) is 0 Å². The lowest BCUT2D eigenvalue weighted by Gasteiger charge is -2.11. The van der Waals surface area contributed by atoms with Crippen molar-refractivity contribution in [2.75, 3.05) is 7.11 Å². The van der Waals surface area contributed by atoms with Crippen molar-refractivity contribution < 1.29 is 14.7 Å². The molecule has 0 heterocycles. The molecule has 0 bridgehead atoms. The summed E-state index contributed by atoms with van der Waals surface area (Å²) in [6.45, 7) is 0.876. The van der Waals surface area contributed by atoms with Crippen molar-refractivity contribution >= 4 is 5.84 Å². The molecule has 0 spiro atoms. The van der Waals surface area contributed by atoms with E-state index in [0.717, 1.165) is 16.9 Å². The van der Waals surface area contributed by atoms with Gasteiger partial charge in [0.25, 0.3) is 0 Å². The van der Waals surface area contributed by atoms with Gasteiger partial charge in [0.05, 0.1) is 6.61 Å². The van der Waals surface area contributed by atoms with E-state index in [2.05, 4.69) is 5.16 Å². The van der Waals surface area contributed by atoms with Gasteiger partial charge in [-0.25, -0.2) is 0 Å². The molecule has 0 aliphatic heterocycles. The second-order valence-corrected chi connectivity index (χ2v) is 4.51. The molecule has 0 aromatic heterocycles. The highest BCUT2D eigenvalue weighted by Crippen LogP contribution is 2.17. The van der Waals surface area contributed by atoms with Crippen LogP contribution in [0.15, 0.2) is 53.7 Å². The van der Waals surface area contributed by atoms with E-state index in [1.165, 1.54) is 0 Å². The number of methoxy groups -OCH3 is 1. The number of amidine groups is 1. The van der Waals surface area contributed by atoms with E-state index in [1.54, 1.807) is 13.2 Å². The van der Waals surface area contributed by atoms with E-state index in [1.807, 2.05) is 42.5 Å². The Morgan fingerprint density at radius 2 is 1.95 bits per heavy atom. The molecule has 2 aromatic carbocycles. The number of benzene rings is 2. The van der Waals surface area contributed by atoms with E-state index < -0.39 is 0 Å². The topological polar surface area (TPSA) is 77.1 Å². The van der Waals surface area contributed by atoms with Crippen LogP contribution in [0.1, 0.15) is 16.7 Å². The SMILES string of the molecule is COCc1cccc(OCc2ccccc2C(N)=NO)c1. The summed E-state index contributed by atoms with van der Waals surface area (Å²) in [7, 11) is 1.65. The fraction of sp³-hybridized carbons (Fsp3) is 0.188. The fourth-order valence-electron chi connectivity index (χ4n) is 2.00. The first-order chi connectivity index (χ1) is 10.2. The molecule has 0 atom stereocenters. The van der Waals surface area contributed by atoms with Crippen LogP contribution in [0.5, 0.6) is 5.75 Å². The maximum Gasteiger partial charge on any atom is 0.170 e. The number of nitrogens with two attached hydrogens (primary N) is 1. The minimum absolute atomic E-state index is 0.0716. The summed E-state index contributed by atoms with van der Waals surface area (Å²) in [5.41, 5.74) is 8.21. The molecule has 5 nitrogen and oxygen atoms in total. The molecule has 2 rings (SSSR count). The van der Waals surface area contributed by atoms with Gasteiger partial charge in [-0.3, -0.25) is 0 Å². The Labute approximate surface area is 123 Å². The van der Waals surface area contributed by atoms with E-state index in [4.69, 9.17) is 20.4 Å². The summed E-state index contributed by atoms with van der Waals surface area (Å²) in [6, 6.07) is 15.1. The monoisotopic (exact) mass is 286 g/mol. The molecule has 2 aromatic rings. The van der Waals surface area contributed by atoms with Gasteiger partial charge >= 0.3 is 0 Å². The minimum atomic E-state index is 0.0716. The van der Waals surface area contributed by atoms with Crippen LogP contribution in [0.3, 0.4) is 0 Å². The Hall–Kier alpha value is -2.53. The van der Waals surface area contributed by atoms with Gasteiger partial charge < -0.3 is 20.4 Å². The lowest BCUT2D eigenvalue weighted by atomic mass is 10.1. The molecule has 0 radical (unpaired) electrons. The highest BCUT2D eigenvalue weighted by Gasteiger charge is 2.07. The largest absolute Gasteiger partial charge is 0.489 e. The van der Waals surface area contributed by atoms with Crippen LogP contribution in [-0.4, -0.2) is 18.2 Å². The number of nitrogens with zero attached hydrogens (tertiary/aromatic N) is 1. The first-order valence-electron chi connectivity index (χ1n) is 6.51. The van der Waals surface area contributed by atoms with Gasteiger partial charge in [-0.15, -0.1) is 0 Å². The Balaban J connectivity index is 2.11. The van der Waals surface area contributed by atoms with Crippen molar-refractivity contribution in [2.24, 2.45) is 10.9 Å². The van der Waals surface area contributed by atoms with Crippen molar-refractivity contribution in [1.82, 2.24) is 0 Å². The number of hydrogen-bond donors (Lipinski definition) is 2. The second kappa shape index (κ2) is 7.31. The Kier molecular flexibility index (Phi) is 5.17. The molecule has 3 N–H and O–H groups in total. The van der Waals surface area contributed by atoms with Gasteiger partial charge in [-0.2, -0.15) is 0 Å². The van der Waals surface area contributed by atoms with E-state index in [0.29, 0.717) is 18.8 Å². The molecule has 0 saturated carbocycles. The third-order valence-corrected chi connectivity index (χ3v) is 3.00. The molecule has 5 heteroatoms. The lowest BCUT2D eigenvalue weighted by molar-refractivity contribution is 0.184. The van der Waals surface area contributed by atoms with Gasteiger partial charge in [0.1, 0.15) is 12.4 Å². The maximum atomic E-state index is 8.80. The predicted molar refractivity (Wildman–Crippen MR) is 80.4 cm³/mol. The zero-order valence-electron chi connectivity index (χ0n) is 11.8. The maximum absolute atomic E-state index is 8.80. The number of ether oxygens (including phenoxy) is 2. The van der Waals surface area contributed by atoms with Crippen molar-refractivity contribution in [3.63, 3.8) is 0 Å². The summed E-state index contributed by atoms with van der Waals surface area (Å²) >= 11 is 0. The van der Waals surface area contributed by atoms with Crippen molar-refractivity contribution in [2.45, 2.75) is 13.2 Å². The molecular formula is C16H18N2O3. The Bertz CT molecular complexity index is 626. The molecular weight excluding hydrogens is 268 g/mol. The average Bonchev–Trinajstić information content (AvgIpc) is 2.53. The van der Waals surface area contributed by atoms with Crippen molar-refractivity contribution in [3.8, 4) is 5.75 Å². The van der Waals surface area contributed by atoms with E-state index >= 15 is 0 Å². The summed E-state index contributed by atoms with van der Waals surface area (Å²) in [4.78, 5) is 0. The van der Waals surface area contributed by atoms with Gasteiger partial charge in [0, 0.05) is 18.2 Å². The standard InChI is InChI=1S/C16H18N2O3/c1-20-10-12-5-4-7-14(9-12)21-11-13-6-2-3-8-15(13)16(17)18-19/h2-9,19H,10-11H2,1H3,(H2,17,18). The molecule has 21 heavy (non-hydrogen) atoms. The van der Waals surface area contributed by atoms with Crippen LogP contribution < -0.4 is 10.5 Å². The lowest BCUT2D eigenvalue weighted by Crippen LogP contribution is -2.16. The van der Waals surface area contributed by atoms with Gasteiger partial charge in [0.15, 0.2) is 5.84 Å². The molecule has 0 aliphatic carbocycles. The molecule has 0 saturated heterocycles. The van der Waals surface area contributed by atoms with Crippen molar-refractivity contribution in [1.29, 1.82) is 0 Å². The van der Waals surface area contributed by atoms with Crippen LogP contribution in [0.2, 0.25) is 0 Å². The highest BCUT2D eigenvalue weighted by molar-refractivity contribution is 5.98. The molecule has 0 amide bonds. The zero-order chi connectivity index (χ0) is 15.1. The number of oxime groups is 1. The molecule has 0 unspecified atom stereocenters. The first-order valence-corrected chi connectivity index (χ1v) is 6.51. The van der Waals surface area contributed by atoms with Crippen LogP contribution in [-0.2, 0) is 18.0 Å². The zero-order valence-corrected chi connectivity index (χ0v) is 11.8. The van der Waals surface area contributed by atoms with Crippen LogP contribution >= 0.6 is 0 Å². The van der Waals surface area contributed by atoms with Crippen molar-refractivity contribution in [3.05, 3.63) is 65.2 Å². The Morgan fingerprint density at radius 3 is 2.71 bits per heavy atom. The third-order valence-electron chi connectivity index (χ3n) is 3.00. The van der Waals surface area contributed by atoms with Gasteiger partial charge in [0.2, 0.25) is 0 Å². The van der Waals surface area contributed by atoms with Gasteiger partial charge in [-0.05, 0) is 17.7 Å². The summed E-state index contributed by atoms with van der Waals surface area (Å²) in [6.07, 6.45) is 0. The highest BCUT2D eigenvalue weighted by atomic mass is 16.5. The summed E-state index contributed by atoms with van der Waals surface area (Å²) in [5.74, 6) is 0.821. The summed E-state index contributed by atoms with van der Waals surface area (Å²) in [5, 5.41) is 11.8. The fourth-order valence-corrected chi connectivity index (χ4v) is 2.00. The van der Waals surface area contributed by atoms with Crippen LogP contribution in [0.25, 0.3) is 0 Å². The normalized spacial score (nSPS) is 11.4. The first kappa shape index (κ1) is 14.9. The predicted octanol–water partition coefficient (Wildman–Crippen LogP) is 2.51. The number of rotatable bonds is 6. The quantitative estimate of drug-likeness (QED) is 0.370. The molecule has 0 fully saturated rings. The average molecular weight is 286 g/mol. The molecule has 0 aliphatic rings. The third kappa shape index (κ3) is 3.97. The molecule has 110 valence electrons. The van der Waals surface area contributed by atoms with Crippen LogP contribution in [0.4, 0.5) is 0 Å². The number of hydrogen-bond acceptors (Lipinski definition) is 4. The smallest absolute Gasteiger partial charge is 0.170 e. The summed E-state index contributed by atoms with van der Waals surface area (Å²) < 4.78 is 10.9. The second-order valence-electron chi connectivity index (χ2n) is 4.51. The van der Waals surface area contributed by atoms with E-state index in [9.17, 15) is 0 Å². The van der Waals surface area contributed by atoms with Gasteiger partial charge in [-0.1, -0.05) is 41.6 Å². The Morgan fingerprint density at radius 1 is 1.14 bits per heavy atom. The van der Waals surface area contributed by atoms with E-state index in [-0.39, 0.29) is 5.84 Å². The minimum Gasteiger partial charge on any atom is -0.489 e.